The number of benzene rings is 2. The van der Waals surface area contributed by atoms with Crippen LogP contribution >= 0.6 is 23.2 Å². The molecule has 0 bridgehead atoms. The first-order chi connectivity index (χ1) is 16.5. The Morgan fingerprint density at radius 2 is 1.77 bits per heavy atom. The molecule has 190 valence electrons. The van der Waals surface area contributed by atoms with Gasteiger partial charge in [-0.05, 0) is 74.9 Å². The van der Waals surface area contributed by atoms with Crippen LogP contribution in [0.15, 0.2) is 30.3 Å². The molecule has 1 saturated heterocycles. The highest BCUT2D eigenvalue weighted by molar-refractivity contribution is 6.34. The molecule has 0 N–H and O–H groups in total. The van der Waals surface area contributed by atoms with Crippen LogP contribution in [0.1, 0.15) is 67.1 Å². The lowest BCUT2D eigenvalue weighted by atomic mass is 9.95. The predicted molar refractivity (Wildman–Crippen MR) is 135 cm³/mol. The lowest BCUT2D eigenvalue weighted by molar-refractivity contribution is -0.00586. The Hall–Kier alpha value is -1.86. The van der Waals surface area contributed by atoms with E-state index in [4.69, 9.17) is 37.4 Å². The number of ether oxygens (including phenoxy) is 3. The van der Waals surface area contributed by atoms with Crippen molar-refractivity contribution in [2.24, 2.45) is 5.92 Å². The van der Waals surface area contributed by atoms with E-state index in [0.717, 1.165) is 37.1 Å². The van der Waals surface area contributed by atoms with Crippen molar-refractivity contribution in [2.45, 2.75) is 51.2 Å². The number of carbonyl (C=O) groups is 1. The fourth-order valence-corrected chi connectivity index (χ4v) is 4.96. The summed E-state index contributed by atoms with van der Waals surface area (Å²) in [5, 5.41) is 1.19. The summed E-state index contributed by atoms with van der Waals surface area (Å²) in [6.07, 6.45) is 2.02. The molecule has 1 heterocycles. The van der Waals surface area contributed by atoms with Crippen LogP contribution in [0.4, 0.5) is 4.39 Å². The van der Waals surface area contributed by atoms with E-state index in [2.05, 4.69) is 4.90 Å². The molecule has 1 unspecified atom stereocenters. The average molecular weight is 524 g/mol. The number of carbonyl (C=O) groups excluding carboxylic acids is 1. The zero-order valence-electron chi connectivity index (χ0n) is 20.6. The van der Waals surface area contributed by atoms with Gasteiger partial charge in [0.15, 0.2) is 0 Å². The molecule has 2 aliphatic rings. The zero-order valence-corrected chi connectivity index (χ0v) is 22.1. The first kappa shape index (κ1) is 26.2. The molecule has 5 nitrogen and oxygen atoms in total. The molecule has 4 rings (SSSR count). The topological polar surface area (TPSA) is 48.0 Å². The zero-order chi connectivity index (χ0) is 25.3. The van der Waals surface area contributed by atoms with E-state index >= 15 is 0 Å². The number of methoxy groups -OCH3 is 1. The molecule has 2 fully saturated rings. The van der Waals surface area contributed by atoms with E-state index in [9.17, 15) is 9.18 Å². The molecule has 1 aliphatic heterocycles. The molecule has 35 heavy (non-hydrogen) atoms. The smallest absolute Gasteiger partial charge is 0.341 e. The third-order valence-electron chi connectivity index (χ3n) is 6.23. The number of nitrogens with zero attached hydrogens (tertiary/aromatic N) is 1. The van der Waals surface area contributed by atoms with E-state index in [-0.39, 0.29) is 11.6 Å². The van der Waals surface area contributed by atoms with Gasteiger partial charge in [0.2, 0.25) is 0 Å². The fourth-order valence-electron chi connectivity index (χ4n) is 4.41. The van der Waals surface area contributed by atoms with Gasteiger partial charge in [0.05, 0.1) is 24.8 Å². The van der Waals surface area contributed by atoms with Gasteiger partial charge in [-0.15, -0.1) is 0 Å². The van der Waals surface area contributed by atoms with Crippen LogP contribution in [-0.2, 0) is 9.47 Å². The minimum absolute atomic E-state index is 0.0356. The normalized spacial score (nSPS) is 17.7. The summed E-state index contributed by atoms with van der Waals surface area (Å²) < 4.78 is 31.8. The van der Waals surface area contributed by atoms with Gasteiger partial charge < -0.3 is 14.2 Å². The van der Waals surface area contributed by atoms with Crippen LogP contribution in [0.2, 0.25) is 10.0 Å². The molecular weight excluding hydrogens is 492 g/mol. The molecule has 1 atom stereocenters. The maximum absolute atomic E-state index is 14.8. The highest BCUT2D eigenvalue weighted by Gasteiger charge is 2.35. The first-order valence-corrected chi connectivity index (χ1v) is 12.7. The molecule has 1 saturated carbocycles. The maximum Gasteiger partial charge on any atom is 0.341 e. The number of hydrogen-bond donors (Lipinski definition) is 0. The van der Waals surface area contributed by atoms with Gasteiger partial charge in [-0.25, -0.2) is 9.18 Å². The van der Waals surface area contributed by atoms with Crippen LogP contribution in [0, 0.1) is 11.7 Å². The van der Waals surface area contributed by atoms with Gasteiger partial charge in [0, 0.05) is 42.2 Å². The van der Waals surface area contributed by atoms with Crippen molar-refractivity contribution in [3.63, 3.8) is 0 Å². The summed E-state index contributed by atoms with van der Waals surface area (Å²) in [7, 11) is 1.68. The highest BCUT2D eigenvalue weighted by Crippen LogP contribution is 2.45. The minimum atomic E-state index is -0.689. The van der Waals surface area contributed by atoms with Gasteiger partial charge in [-0.3, -0.25) is 4.90 Å². The Morgan fingerprint density at radius 1 is 1.11 bits per heavy atom. The van der Waals surface area contributed by atoms with Crippen LogP contribution < -0.4 is 4.74 Å². The van der Waals surface area contributed by atoms with Gasteiger partial charge in [0.1, 0.15) is 17.2 Å². The summed E-state index contributed by atoms with van der Waals surface area (Å²) in [5.74, 6) is -0.158. The molecule has 0 aromatic heterocycles. The second kappa shape index (κ2) is 10.6. The van der Waals surface area contributed by atoms with Crippen LogP contribution in [-0.4, -0.2) is 49.9 Å². The number of likely N-dealkylation sites (tertiary alicyclic amines) is 1. The molecular formula is C27H32Cl2FNO4. The van der Waals surface area contributed by atoms with E-state index < -0.39 is 17.4 Å². The summed E-state index contributed by atoms with van der Waals surface area (Å²) in [5.41, 5.74) is 1.17. The third kappa shape index (κ3) is 6.67. The van der Waals surface area contributed by atoms with E-state index in [1.54, 1.807) is 40.0 Å². The molecule has 2 aromatic rings. The highest BCUT2D eigenvalue weighted by atomic mass is 35.5. The number of rotatable bonds is 9. The Bertz CT molecular complexity index is 1060. The standard InChI is InChI=1S/C27H32Cl2FNO4/c1-27(2,3)35-26(32)22-10-21(17-5-6-17)25(11-23(22)30)34-14-16-12-31(13-16)24(15-33-4)18-7-19(28)9-20(29)8-18/h7-11,16-17,24H,5-6,12-15H2,1-4H3. The average Bonchev–Trinajstić information content (AvgIpc) is 3.55. The van der Waals surface area contributed by atoms with Gasteiger partial charge in [-0.2, -0.15) is 0 Å². The lowest BCUT2D eigenvalue weighted by Crippen LogP contribution is -2.51. The Labute approximate surface area is 216 Å². The fraction of sp³-hybridized carbons (Fsp3) is 0.519. The van der Waals surface area contributed by atoms with Crippen molar-refractivity contribution in [3.8, 4) is 5.75 Å². The van der Waals surface area contributed by atoms with Gasteiger partial charge >= 0.3 is 5.97 Å². The third-order valence-corrected chi connectivity index (χ3v) is 6.67. The van der Waals surface area contributed by atoms with Crippen molar-refractivity contribution >= 4 is 29.2 Å². The van der Waals surface area contributed by atoms with Gasteiger partial charge in [0.25, 0.3) is 0 Å². The molecule has 0 amide bonds. The molecule has 2 aromatic carbocycles. The molecule has 0 spiro atoms. The Balaban J connectivity index is 1.40. The van der Waals surface area contributed by atoms with Crippen molar-refractivity contribution in [1.82, 2.24) is 4.90 Å². The van der Waals surface area contributed by atoms with Crippen LogP contribution in [0.5, 0.6) is 5.75 Å². The SMILES string of the molecule is COCC(c1cc(Cl)cc(Cl)c1)N1CC(COc2cc(F)c(C(=O)OC(C)(C)C)cc2C2CC2)C1. The summed E-state index contributed by atoms with van der Waals surface area (Å²) in [6, 6.07) is 8.54. The first-order valence-electron chi connectivity index (χ1n) is 11.9. The van der Waals surface area contributed by atoms with Crippen molar-refractivity contribution < 1.29 is 23.4 Å². The lowest BCUT2D eigenvalue weighted by Gasteiger charge is -2.44. The second-order valence-electron chi connectivity index (χ2n) is 10.5. The minimum Gasteiger partial charge on any atom is -0.493 e. The quantitative estimate of drug-likeness (QED) is 0.343. The Kier molecular flexibility index (Phi) is 7.96. The summed E-state index contributed by atoms with van der Waals surface area (Å²) in [6.45, 7) is 7.92. The predicted octanol–water partition coefficient (Wildman–Crippen LogP) is 6.66. The van der Waals surface area contributed by atoms with Crippen LogP contribution in [0.25, 0.3) is 0 Å². The number of halogens is 3. The Morgan fingerprint density at radius 3 is 2.34 bits per heavy atom. The van der Waals surface area contributed by atoms with Crippen molar-refractivity contribution in [1.29, 1.82) is 0 Å². The molecule has 0 radical (unpaired) electrons. The van der Waals surface area contributed by atoms with Crippen molar-refractivity contribution in [2.75, 3.05) is 33.4 Å². The summed E-state index contributed by atoms with van der Waals surface area (Å²) >= 11 is 12.4. The number of esters is 1. The molecule has 1 aliphatic carbocycles. The van der Waals surface area contributed by atoms with Crippen molar-refractivity contribution in [3.05, 3.63) is 62.9 Å². The largest absolute Gasteiger partial charge is 0.493 e. The second-order valence-corrected chi connectivity index (χ2v) is 11.3. The van der Waals surface area contributed by atoms with Crippen LogP contribution in [0.3, 0.4) is 0 Å². The molecule has 8 heteroatoms. The maximum atomic E-state index is 14.8. The number of hydrogen-bond acceptors (Lipinski definition) is 5. The van der Waals surface area contributed by atoms with E-state index in [1.165, 1.54) is 6.07 Å². The van der Waals surface area contributed by atoms with Gasteiger partial charge in [-0.1, -0.05) is 23.2 Å². The summed E-state index contributed by atoms with van der Waals surface area (Å²) in [4.78, 5) is 14.8. The van der Waals surface area contributed by atoms with E-state index in [1.807, 2.05) is 12.1 Å². The monoisotopic (exact) mass is 523 g/mol. The van der Waals surface area contributed by atoms with E-state index in [0.29, 0.717) is 40.8 Å².